The van der Waals surface area contributed by atoms with E-state index in [4.69, 9.17) is 17.3 Å². The molecule has 0 unspecified atom stereocenters. The highest BCUT2D eigenvalue weighted by molar-refractivity contribution is 6.31. The minimum atomic E-state index is 0.660. The number of anilines is 1. The van der Waals surface area contributed by atoms with Crippen LogP contribution in [-0.4, -0.2) is 9.78 Å². The number of aromatic nitrogens is 2. The zero-order valence-electron chi connectivity index (χ0n) is 11.0. The molecule has 0 aliphatic heterocycles. The Balaban J connectivity index is 2.56. The third kappa shape index (κ3) is 2.23. The van der Waals surface area contributed by atoms with Gasteiger partial charge < -0.3 is 5.73 Å². The first-order chi connectivity index (χ1) is 8.54. The molecule has 2 N–H and O–H groups in total. The Labute approximate surface area is 113 Å². The fraction of sp³-hybridized carbons (Fsp3) is 0.357. The van der Waals surface area contributed by atoms with E-state index in [1.54, 1.807) is 6.07 Å². The molecule has 1 aromatic carbocycles. The van der Waals surface area contributed by atoms with Crippen LogP contribution in [0.5, 0.6) is 0 Å². The fourth-order valence-electron chi connectivity index (χ4n) is 2.28. The van der Waals surface area contributed by atoms with E-state index < -0.39 is 0 Å². The molecule has 0 saturated carbocycles. The zero-order chi connectivity index (χ0) is 13.3. The van der Waals surface area contributed by atoms with Crippen LogP contribution < -0.4 is 5.73 Å². The molecule has 0 atom stereocenters. The van der Waals surface area contributed by atoms with E-state index in [1.807, 2.05) is 23.7 Å². The van der Waals surface area contributed by atoms with Gasteiger partial charge in [0, 0.05) is 34.1 Å². The minimum absolute atomic E-state index is 0.660. The quantitative estimate of drug-likeness (QED) is 0.856. The van der Waals surface area contributed by atoms with E-state index in [2.05, 4.69) is 18.9 Å². The highest BCUT2D eigenvalue weighted by atomic mass is 35.5. The highest BCUT2D eigenvalue weighted by Gasteiger charge is 2.15. The molecule has 0 saturated heterocycles. The van der Waals surface area contributed by atoms with Gasteiger partial charge in [0.2, 0.25) is 0 Å². The number of aryl methyl sites for hydroxylation is 2. The van der Waals surface area contributed by atoms with Crippen LogP contribution >= 0.6 is 11.6 Å². The number of halogens is 1. The average molecular weight is 264 g/mol. The van der Waals surface area contributed by atoms with Crippen molar-refractivity contribution in [3.63, 3.8) is 0 Å². The first-order valence-corrected chi connectivity index (χ1v) is 6.51. The molecule has 1 heterocycles. The van der Waals surface area contributed by atoms with Crippen molar-refractivity contribution in [2.75, 3.05) is 5.73 Å². The van der Waals surface area contributed by atoms with Crippen molar-refractivity contribution in [1.82, 2.24) is 9.78 Å². The Morgan fingerprint density at radius 1 is 1.33 bits per heavy atom. The lowest BCUT2D eigenvalue weighted by Crippen LogP contribution is -2.01. The van der Waals surface area contributed by atoms with E-state index in [9.17, 15) is 0 Å². The second-order valence-corrected chi connectivity index (χ2v) is 4.94. The predicted octanol–water partition coefficient (Wildman–Crippen LogP) is 3.81. The molecular formula is C14H18ClN3. The monoisotopic (exact) mass is 263 g/mol. The fourth-order valence-corrected chi connectivity index (χ4v) is 2.46. The maximum absolute atomic E-state index is 6.05. The first-order valence-electron chi connectivity index (χ1n) is 6.14. The standard InChI is InChI=1S/C14H18ClN3/c1-4-7-18-10(3)14(9(2)17-18)12-6-5-11(15)8-13(12)16/h5-6,8H,4,7,16H2,1-3H3. The van der Waals surface area contributed by atoms with E-state index in [-0.39, 0.29) is 0 Å². The maximum atomic E-state index is 6.05. The summed E-state index contributed by atoms with van der Waals surface area (Å²) in [7, 11) is 0. The van der Waals surface area contributed by atoms with Crippen molar-refractivity contribution < 1.29 is 0 Å². The molecule has 3 nitrogen and oxygen atoms in total. The molecular weight excluding hydrogens is 246 g/mol. The maximum Gasteiger partial charge on any atom is 0.0675 e. The summed E-state index contributed by atoms with van der Waals surface area (Å²) < 4.78 is 2.04. The Hall–Kier alpha value is -1.48. The largest absolute Gasteiger partial charge is 0.398 e. The lowest BCUT2D eigenvalue weighted by Gasteiger charge is -2.07. The molecule has 0 radical (unpaired) electrons. The van der Waals surface area contributed by atoms with Gasteiger partial charge in [0.05, 0.1) is 5.69 Å². The predicted molar refractivity (Wildman–Crippen MR) is 76.9 cm³/mol. The van der Waals surface area contributed by atoms with Crippen LogP contribution in [0.1, 0.15) is 24.7 Å². The van der Waals surface area contributed by atoms with Crippen molar-refractivity contribution in [3.8, 4) is 11.1 Å². The number of nitrogens with two attached hydrogens (primary N) is 1. The topological polar surface area (TPSA) is 43.8 Å². The second-order valence-electron chi connectivity index (χ2n) is 4.50. The van der Waals surface area contributed by atoms with Gasteiger partial charge in [-0.05, 0) is 32.4 Å². The summed E-state index contributed by atoms with van der Waals surface area (Å²) in [5, 5.41) is 5.23. The Bertz CT molecular complexity index is 573. The average Bonchev–Trinajstić information content (AvgIpc) is 2.56. The van der Waals surface area contributed by atoms with Crippen LogP contribution in [0.2, 0.25) is 5.02 Å². The molecule has 0 spiro atoms. The van der Waals surface area contributed by atoms with Gasteiger partial charge in [-0.25, -0.2) is 0 Å². The summed E-state index contributed by atoms with van der Waals surface area (Å²) in [6.45, 7) is 7.18. The molecule has 0 aliphatic rings. The number of rotatable bonds is 3. The van der Waals surface area contributed by atoms with Gasteiger partial charge >= 0.3 is 0 Å². The molecule has 0 bridgehead atoms. The Kier molecular flexibility index (Phi) is 3.62. The van der Waals surface area contributed by atoms with Gasteiger partial charge in [0.25, 0.3) is 0 Å². The minimum Gasteiger partial charge on any atom is -0.398 e. The molecule has 18 heavy (non-hydrogen) atoms. The number of hydrogen-bond donors (Lipinski definition) is 1. The number of benzene rings is 1. The summed E-state index contributed by atoms with van der Waals surface area (Å²) in [4.78, 5) is 0. The van der Waals surface area contributed by atoms with Gasteiger partial charge in [-0.1, -0.05) is 24.6 Å². The van der Waals surface area contributed by atoms with Crippen LogP contribution in [0.4, 0.5) is 5.69 Å². The molecule has 0 aliphatic carbocycles. The van der Waals surface area contributed by atoms with Crippen molar-refractivity contribution in [2.45, 2.75) is 33.7 Å². The number of nitrogen functional groups attached to an aromatic ring is 1. The molecule has 1 aromatic heterocycles. The second kappa shape index (κ2) is 5.02. The van der Waals surface area contributed by atoms with Gasteiger partial charge in [0.15, 0.2) is 0 Å². The molecule has 96 valence electrons. The van der Waals surface area contributed by atoms with Crippen LogP contribution in [0.25, 0.3) is 11.1 Å². The van der Waals surface area contributed by atoms with E-state index in [1.165, 1.54) is 0 Å². The first kappa shape index (κ1) is 13.0. The summed E-state index contributed by atoms with van der Waals surface area (Å²) >= 11 is 5.94. The van der Waals surface area contributed by atoms with Crippen molar-refractivity contribution in [3.05, 3.63) is 34.6 Å². The Morgan fingerprint density at radius 2 is 2.06 bits per heavy atom. The van der Waals surface area contributed by atoms with Gasteiger partial charge in [-0.15, -0.1) is 0 Å². The van der Waals surface area contributed by atoms with Crippen LogP contribution in [-0.2, 0) is 6.54 Å². The van der Waals surface area contributed by atoms with Crippen LogP contribution in [0, 0.1) is 13.8 Å². The normalized spacial score (nSPS) is 10.9. The van der Waals surface area contributed by atoms with Crippen molar-refractivity contribution in [2.24, 2.45) is 0 Å². The SMILES string of the molecule is CCCn1nc(C)c(-c2ccc(Cl)cc2N)c1C. The van der Waals surface area contributed by atoms with Gasteiger partial charge in [0.1, 0.15) is 0 Å². The lowest BCUT2D eigenvalue weighted by atomic mass is 10.0. The molecule has 0 amide bonds. The zero-order valence-corrected chi connectivity index (χ0v) is 11.8. The van der Waals surface area contributed by atoms with E-state index >= 15 is 0 Å². The van der Waals surface area contributed by atoms with Crippen molar-refractivity contribution >= 4 is 17.3 Å². The smallest absolute Gasteiger partial charge is 0.0675 e. The third-order valence-electron chi connectivity index (χ3n) is 3.10. The third-order valence-corrected chi connectivity index (χ3v) is 3.33. The van der Waals surface area contributed by atoms with Gasteiger partial charge in [-0.2, -0.15) is 5.10 Å². The highest BCUT2D eigenvalue weighted by Crippen LogP contribution is 2.33. The van der Waals surface area contributed by atoms with Crippen LogP contribution in [0.15, 0.2) is 18.2 Å². The van der Waals surface area contributed by atoms with E-state index in [0.29, 0.717) is 10.7 Å². The lowest BCUT2D eigenvalue weighted by molar-refractivity contribution is 0.583. The summed E-state index contributed by atoms with van der Waals surface area (Å²) in [5.41, 5.74) is 11.1. The summed E-state index contributed by atoms with van der Waals surface area (Å²) in [5.74, 6) is 0. The molecule has 2 rings (SSSR count). The Morgan fingerprint density at radius 3 is 2.67 bits per heavy atom. The molecule has 2 aromatic rings. The number of nitrogens with zero attached hydrogens (tertiary/aromatic N) is 2. The summed E-state index contributed by atoms with van der Waals surface area (Å²) in [6, 6.07) is 5.61. The van der Waals surface area contributed by atoms with E-state index in [0.717, 1.165) is 35.5 Å². The van der Waals surface area contributed by atoms with Gasteiger partial charge in [-0.3, -0.25) is 4.68 Å². The number of hydrogen-bond acceptors (Lipinski definition) is 2. The summed E-state index contributed by atoms with van der Waals surface area (Å²) in [6.07, 6.45) is 1.07. The van der Waals surface area contributed by atoms with Crippen molar-refractivity contribution in [1.29, 1.82) is 0 Å². The van der Waals surface area contributed by atoms with Crippen LogP contribution in [0.3, 0.4) is 0 Å². The molecule has 4 heteroatoms. The molecule has 0 fully saturated rings.